The number of nitrogens with zero attached hydrogens (tertiary/aromatic N) is 1. The number of hydrogen-bond donors (Lipinski definition) is 2. The number of carbonyl (C=O) groups is 2. The van der Waals surface area contributed by atoms with Crippen LogP contribution in [0.4, 0.5) is 5.69 Å². The van der Waals surface area contributed by atoms with Crippen molar-refractivity contribution in [3.8, 4) is 11.5 Å². The van der Waals surface area contributed by atoms with Crippen LogP contribution in [-0.4, -0.2) is 25.1 Å². The third-order valence-corrected chi connectivity index (χ3v) is 5.91. The van der Waals surface area contributed by atoms with Crippen molar-refractivity contribution in [1.29, 1.82) is 0 Å². The number of anilines is 1. The molecule has 0 atom stereocenters. The van der Waals surface area contributed by atoms with Gasteiger partial charge in [-0.1, -0.05) is 58.5 Å². The first-order chi connectivity index (χ1) is 16.3. The van der Waals surface area contributed by atoms with Gasteiger partial charge in [0.25, 0.3) is 0 Å². The van der Waals surface area contributed by atoms with E-state index in [4.69, 9.17) is 55.9 Å². The lowest BCUT2D eigenvalue weighted by atomic mass is 10.2. The molecular formula is C23H17Cl4N3O4. The Labute approximate surface area is 215 Å². The minimum atomic E-state index is -0.985. The summed E-state index contributed by atoms with van der Waals surface area (Å²) < 4.78 is 11.2. The Balaban J connectivity index is 1.58. The third kappa shape index (κ3) is 6.77. The van der Waals surface area contributed by atoms with Crippen LogP contribution in [0.3, 0.4) is 0 Å². The number of benzene rings is 3. The molecule has 0 aliphatic heterocycles. The predicted octanol–water partition coefficient (Wildman–Crippen LogP) is 5.98. The number of amides is 2. The van der Waals surface area contributed by atoms with Gasteiger partial charge in [0.1, 0.15) is 6.61 Å². The van der Waals surface area contributed by atoms with Crippen LogP contribution in [0.5, 0.6) is 11.5 Å². The first kappa shape index (κ1) is 25.6. The maximum atomic E-state index is 12.0. The molecule has 11 heteroatoms. The van der Waals surface area contributed by atoms with Gasteiger partial charge in [0, 0.05) is 0 Å². The van der Waals surface area contributed by atoms with Crippen molar-refractivity contribution >= 4 is 70.1 Å². The zero-order valence-corrected chi connectivity index (χ0v) is 20.6. The van der Waals surface area contributed by atoms with E-state index in [1.807, 2.05) is 0 Å². The van der Waals surface area contributed by atoms with Crippen LogP contribution in [0.15, 0.2) is 59.7 Å². The molecule has 0 fully saturated rings. The summed E-state index contributed by atoms with van der Waals surface area (Å²) in [5, 5.41) is 7.43. The Bertz CT molecular complexity index is 1250. The molecule has 0 radical (unpaired) electrons. The van der Waals surface area contributed by atoms with Crippen molar-refractivity contribution in [3.05, 3.63) is 85.8 Å². The van der Waals surface area contributed by atoms with Gasteiger partial charge >= 0.3 is 11.8 Å². The maximum Gasteiger partial charge on any atom is 0.329 e. The summed E-state index contributed by atoms with van der Waals surface area (Å²) in [6.45, 7) is 0.252. The van der Waals surface area contributed by atoms with Crippen LogP contribution in [0, 0.1) is 0 Å². The molecule has 34 heavy (non-hydrogen) atoms. The number of rotatable bonds is 7. The van der Waals surface area contributed by atoms with Crippen molar-refractivity contribution in [2.45, 2.75) is 6.61 Å². The summed E-state index contributed by atoms with van der Waals surface area (Å²) in [6, 6.07) is 14.9. The van der Waals surface area contributed by atoms with E-state index in [0.29, 0.717) is 27.1 Å². The molecule has 0 saturated carbocycles. The third-order valence-electron chi connectivity index (χ3n) is 4.35. The number of methoxy groups -OCH3 is 1. The fourth-order valence-electron chi connectivity index (χ4n) is 2.67. The molecule has 3 aromatic carbocycles. The molecule has 7 nitrogen and oxygen atoms in total. The second-order valence-electron chi connectivity index (χ2n) is 6.70. The number of hydrogen-bond acceptors (Lipinski definition) is 5. The van der Waals surface area contributed by atoms with Gasteiger partial charge in [0.15, 0.2) is 11.5 Å². The van der Waals surface area contributed by atoms with Crippen molar-refractivity contribution in [1.82, 2.24) is 5.43 Å². The summed E-state index contributed by atoms with van der Waals surface area (Å²) in [5.74, 6) is -0.998. The van der Waals surface area contributed by atoms with Crippen LogP contribution >= 0.6 is 46.4 Å². The summed E-state index contributed by atoms with van der Waals surface area (Å²) in [5.41, 5.74) is 3.78. The number of ether oxygens (including phenoxy) is 2. The normalized spacial score (nSPS) is 10.7. The number of halogens is 4. The summed E-state index contributed by atoms with van der Waals surface area (Å²) in [7, 11) is 1.50. The Kier molecular flexibility index (Phi) is 9.01. The molecule has 0 aromatic heterocycles. The molecule has 0 bridgehead atoms. The molecule has 0 aliphatic carbocycles. The molecule has 0 saturated heterocycles. The van der Waals surface area contributed by atoms with Gasteiger partial charge in [-0.25, -0.2) is 5.43 Å². The molecule has 3 rings (SSSR count). The topological polar surface area (TPSA) is 89.0 Å². The van der Waals surface area contributed by atoms with Gasteiger partial charge < -0.3 is 14.8 Å². The van der Waals surface area contributed by atoms with Gasteiger partial charge in [-0.2, -0.15) is 5.10 Å². The highest BCUT2D eigenvalue weighted by molar-refractivity contribution is 6.45. The molecular weight excluding hydrogens is 524 g/mol. The van der Waals surface area contributed by atoms with E-state index in [-0.39, 0.29) is 22.3 Å². The zero-order chi connectivity index (χ0) is 24.7. The van der Waals surface area contributed by atoms with Crippen molar-refractivity contribution in [2.24, 2.45) is 5.10 Å². The van der Waals surface area contributed by atoms with Crippen LogP contribution in [-0.2, 0) is 16.2 Å². The second-order valence-corrected chi connectivity index (χ2v) is 8.30. The van der Waals surface area contributed by atoms with Crippen LogP contribution in [0.2, 0.25) is 20.1 Å². The highest BCUT2D eigenvalue weighted by Gasteiger charge is 2.15. The Morgan fingerprint density at radius 2 is 1.71 bits per heavy atom. The van der Waals surface area contributed by atoms with Crippen LogP contribution in [0.25, 0.3) is 0 Å². The lowest BCUT2D eigenvalue weighted by Gasteiger charge is -2.11. The highest BCUT2D eigenvalue weighted by Crippen LogP contribution is 2.30. The van der Waals surface area contributed by atoms with Gasteiger partial charge in [-0.15, -0.1) is 0 Å². The Morgan fingerprint density at radius 3 is 2.44 bits per heavy atom. The predicted molar refractivity (Wildman–Crippen MR) is 135 cm³/mol. The monoisotopic (exact) mass is 539 g/mol. The fourth-order valence-corrected chi connectivity index (χ4v) is 3.34. The van der Waals surface area contributed by atoms with E-state index < -0.39 is 11.8 Å². The van der Waals surface area contributed by atoms with Gasteiger partial charge in [-0.05, 0) is 53.6 Å². The molecule has 0 aliphatic rings. The summed E-state index contributed by atoms with van der Waals surface area (Å²) >= 11 is 23.8. The van der Waals surface area contributed by atoms with Gasteiger partial charge in [0.05, 0.1) is 39.1 Å². The lowest BCUT2D eigenvalue weighted by molar-refractivity contribution is -0.136. The number of hydrazone groups is 1. The fraction of sp³-hybridized carbons (Fsp3) is 0.0870. The average Bonchev–Trinajstić information content (AvgIpc) is 2.83. The summed E-state index contributed by atoms with van der Waals surface area (Å²) in [4.78, 5) is 24.0. The lowest BCUT2D eigenvalue weighted by Crippen LogP contribution is -2.32. The Hall–Kier alpha value is -2.97. The van der Waals surface area contributed by atoms with E-state index in [9.17, 15) is 9.59 Å². The number of carbonyl (C=O) groups excluding carboxylic acids is 2. The first-order valence-electron chi connectivity index (χ1n) is 9.61. The molecule has 0 spiro atoms. The number of nitrogens with one attached hydrogen (secondary N) is 2. The van der Waals surface area contributed by atoms with E-state index >= 15 is 0 Å². The quantitative estimate of drug-likeness (QED) is 0.219. The van der Waals surface area contributed by atoms with Gasteiger partial charge in [0.2, 0.25) is 0 Å². The molecule has 0 unspecified atom stereocenters. The standard InChI is InChI=1S/C23H17Cl4N3O4/c1-33-20-10-13(6-8-19(20)34-12-14-5-7-15(24)17(26)9-14)11-28-30-23(32)22(31)29-18-4-2-3-16(25)21(18)27/h2-11H,12H2,1H3,(H,29,31)(H,30,32)/b28-11-. The summed E-state index contributed by atoms with van der Waals surface area (Å²) in [6.07, 6.45) is 1.35. The molecule has 2 N–H and O–H groups in total. The van der Waals surface area contributed by atoms with Crippen molar-refractivity contribution in [2.75, 3.05) is 12.4 Å². The molecule has 176 valence electrons. The van der Waals surface area contributed by atoms with Crippen molar-refractivity contribution < 1.29 is 19.1 Å². The van der Waals surface area contributed by atoms with E-state index in [0.717, 1.165) is 5.56 Å². The molecule has 3 aromatic rings. The van der Waals surface area contributed by atoms with Crippen LogP contribution in [0.1, 0.15) is 11.1 Å². The van der Waals surface area contributed by atoms with E-state index in [2.05, 4.69) is 15.8 Å². The van der Waals surface area contributed by atoms with Crippen molar-refractivity contribution in [3.63, 3.8) is 0 Å². The van der Waals surface area contributed by atoms with Gasteiger partial charge in [-0.3, -0.25) is 9.59 Å². The largest absolute Gasteiger partial charge is 0.493 e. The highest BCUT2D eigenvalue weighted by atomic mass is 35.5. The molecule has 2 amide bonds. The zero-order valence-electron chi connectivity index (χ0n) is 17.6. The second kappa shape index (κ2) is 11.9. The maximum absolute atomic E-state index is 12.0. The minimum Gasteiger partial charge on any atom is -0.493 e. The SMILES string of the molecule is COc1cc(/C=N\NC(=O)C(=O)Nc2cccc(Cl)c2Cl)ccc1OCc1ccc(Cl)c(Cl)c1. The average molecular weight is 541 g/mol. The van der Waals surface area contributed by atoms with Crippen LogP contribution < -0.4 is 20.2 Å². The smallest absolute Gasteiger partial charge is 0.329 e. The minimum absolute atomic E-state index is 0.127. The Morgan fingerprint density at radius 1 is 0.912 bits per heavy atom. The van der Waals surface area contributed by atoms with E-state index in [1.54, 1.807) is 48.5 Å². The van der Waals surface area contributed by atoms with E-state index in [1.165, 1.54) is 19.4 Å². The first-order valence-corrected chi connectivity index (χ1v) is 11.1. The molecule has 0 heterocycles.